The molecule has 1 aromatic carbocycles. The lowest BCUT2D eigenvalue weighted by Gasteiger charge is -2.11. The van der Waals surface area contributed by atoms with Crippen LogP contribution in [0.25, 0.3) is 10.9 Å². The lowest BCUT2D eigenvalue weighted by molar-refractivity contribution is 0.0980. The fourth-order valence-corrected chi connectivity index (χ4v) is 3.00. The molecule has 4 heteroatoms. The second-order valence-corrected chi connectivity index (χ2v) is 5.57. The Morgan fingerprint density at radius 2 is 2.37 bits per heavy atom. The first-order chi connectivity index (χ1) is 9.28. The maximum Gasteiger partial charge on any atom is 0.0754 e. The molecule has 2 aromatic rings. The van der Waals surface area contributed by atoms with Crippen molar-refractivity contribution in [1.29, 1.82) is 0 Å². The predicted octanol–water partition coefficient (Wildman–Crippen LogP) is 3.19. The van der Waals surface area contributed by atoms with Crippen LogP contribution in [0.5, 0.6) is 0 Å². The molecule has 0 amide bonds. The Bertz CT molecular complexity index is 573. The van der Waals surface area contributed by atoms with Gasteiger partial charge in [0.2, 0.25) is 0 Å². The standard InChI is InChI=1S/C15H19ClN2O/c1-17-8-11-9-18(10-13-3-2-6-19-13)15-7-12(16)4-5-14(11)15/h4-5,7,9,13,17H,2-3,6,8,10H2,1H3. The topological polar surface area (TPSA) is 26.2 Å². The molecule has 0 radical (unpaired) electrons. The van der Waals surface area contributed by atoms with E-state index in [1.165, 1.54) is 22.9 Å². The average molecular weight is 279 g/mol. The van der Waals surface area contributed by atoms with E-state index in [9.17, 15) is 0 Å². The van der Waals surface area contributed by atoms with Gasteiger partial charge in [0.25, 0.3) is 0 Å². The summed E-state index contributed by atoms with van der Waals surface area (Å²) in [5.74, 6) is 0. The lowest BCUT2D eigenvalue weighted by Crippen LogP contribution is -2.14. The number of benzene rings is 1. The number of aromatic nitrogens is 1. The first-order valence-corrected chi connectivity index (χ1v) is 7.19. The van der Waals surface area contributed by atoms with Gasteiger partial charge in [-0.15, -0.1) is 0 Å². The van der Waals surface area contributed by atoms with Gasteiger partial charge in [0, 0.05) is 41.8 Å². The van der Waals surface area contributed by atoms with E-state index in [-0.39, 0.29) is 0 Å². The molecule has 0 spiro atoms. The van der Waals surface area contributed by atoms with Crippen LogP contribution in [0, 0.1) is 0 Å². The van der Waals surface area contributed by atoms with Crippen LogP contribution in [-0.2, 0) is 17.8 Å². The molecule has 0 aliphatic carbocycles. The molecule has 1 aliphatic heterocycles. The SMILES string of the molecule is CNCc1cn(CC2CCCO2)c2cc(Cl)ccc12. The van der Waals surface area contributed by atoms with E-state index in [0.29, 0.717) is 6.10 Å². The molecule has 102 valence electrons. The quantitative estimate of drug-likeness (QED) is 0.930. The highest BCUT2D eigenvalue weighted by atomic mass is 35.5. The van der Waals surface area contributed by atoms with Crippen molar-refractivity contribution >= 4 is 22.5 Å². The van der Waals surface area contributed by atoms with Gasteiger partial charge >= 0.3 is 0 Å². The van der Waals surface area contributed by atoms with Crippen molar-refractivity contribution in [2.75, 3.05) is 13.7 Å². The van der Waals surface area contributed by atoms with Crippen LogP contribution in [0.4, 0.5) is 0 Å². The number of hydrogen-bond donors (Lipinski definition) is 1. The first-order valence-electron chi connectivity index (χ1n) is 6.81. The Labute approximate surface area is 118 Å². The molecule has 0 saturated carbocycles. The van der Waals surface area contributed by atoms with Crippen LogP contribution in [0.3, 0.4) is 0 Å². The number of ether oxygens (including phenoxy) is 1. The van der Waals surface area contributed by atoms with E-state index in [1.54, 1.807) is 0 Å². The number of fused-ring (bicyclic) bond motifs is 1. The molecule has 1 saturated heterocycles. The van der Waals surface area contributed by atoms with E-state index in [0.717, 1.165) is 31.1 Å². The third kappa shape index (κ3) is 2.64. The Kier molecular flexibility index (Phi) is 3.78. The van der Waals surface area contributed by atoms with Crippen molar-refractivity contribution in [3.05, 3.63) is 35.0 Å². The van der Waals surface area contributed by atoms with E-state index in [4.69, 9.17) is 16.3 Å². The second-order valence-electron chi connectivity index (χ2n) is 5.13. The number of nitrogens with zero attached hydrogens (tertiary/aromatic N) is 1. The smallest absolute Gasteiger partial charge is 0.0754 e. The van der Waals surface area contributed by atoms with Crippen LogP contribution in [0.2, 0.25) is 5.02 Å². The van der Waals surface area contributed by atoms with Crippen molar-refractivity contribution in [1.82, 2.24) is 9.88 Å². The van der Waals surface area contributed by atoms with Gasteiger partial charge in [-0.05, 0) is 37.6 Å². The fourth-order valence-electron chi connectivity index (χ4n) is 2.83. The van der Waals surface area contributed by atoms with Gasteiger partial charge in [-0.1, -0.05) is 17.7 Å². The zero-order chi connectivity index (χ0) is 13.2. The summed E-state index contributed by atoms with van der Waals surface area (Å²) in [4.78, 5) is 0. The summed E-state index contributed by atoms with van der Waals surface area (Å²) in [5, 5.41) is 5.28. The van der Waals surface area contributed by atoms with Crippen LogP contribution in [-0.4, -0.2) is 24.3 Å². The normalized spacial score (nSPS) is 19.4. The number of nitrogens with one attached hydrogen (secondary N) is 1. The molecule has 3 nitrogen and oxygen atoms in total. The minimum atomic E-state index is 0.344. The summed E-state index contributed by atoms with van der Waals surface area (Å²) in [5.41, 5.74) is 2.51. The van der Waals surface area contributed by atoms with Crippen molar-refractivity contribution in [2.24, 2.45) is 0 Å². The zero-order valence-electron chi connectivity index (χ0n) is 11.2. The molecule has 1 aromatic heterocycles. The van der Waals surface area contributed by atoms with Crippen molar-refractivity contribution < 1.29 is 4.74 Å². The summed E-state index contributed by atoms with van der Waals surface area (Å²) in [6.45, 7) is 2.69. The molecule has 1 atom stereocenters. The van der Waals surface area contributed by atoms with Gasteiger partial charge in [0.15, 0.2) is 0 Å². The third-order valence-electron chi connectivity index (χ3n) is 3.72. The van der Waals surface area contributed by atoms with Crippen LogP contribution < -0.4 is 5.32 Å². The molecule has 19 heavy (non-hydrogen) atoms. The Balaban J connectivity index is 1.99. The molecule has 3 rings (SSSR count). The molecule has 2 heterocycles. The minimum Gasteiger partial charge on any atom is -0.376 e. The minimum absolute atomic E-state index is 0.344. The van der Waals surface area contributed by atoms with E-state index < -0.39 is 0 Å². The monoisotopic (exact) mass is 278 g/mol. The highest BCUT2D eigenvalue weighted by molar-refractivity contribution is 6.31. The summed E-state index contributed by atoms with van der Waals surface area (Å²) >= 11 is 6.13. The molecule has 1 N–H and O–H groups in total. The lowest BCUT2D eigenvalue weighted by atomic mass is 10.2. The third-order valence-corrected chi connectivity index (χ3v) is 3.95. The average Bonchev–Trinajstić information content (AvgIpc) is 3.00. The van der Waals surface area contributed by atoms with Crippen LogP contribution in [0.1, 0.15) is 18.4 Å². The predicted molar refractivity (Wildman–Crippen MR) is 78.7 cm³/mol. The highest BCUT2D eigenvalue weighted by Crippen LogP contribution is 2.26. The van der Waals surface area contributed by atoms with Gasteiger partial charge in [0.05, 0.1) is 6.10 Å². The fraction of sp³-hybridized carbons (Fsp3) is 0.467. The summed E-state index contributed by atoms with van der Waals surface area (Å²) in [6.07, 6.45) is 4.89. The molecular weight excluding hydrogens is 260 g/mol. The summed E-state index contributed by atoms with van der Waals surface area (Å²) in [7, 11) is 1.97. The number of rotatable bonds is 4. The maximum absolute atomic E-state index is 6.13. The van der Waals surface area contributed by atoms with E-state index >= 15 is 0 Å². The zero-order valence-corrected chi connectivity index (χ0v) is 11.9. The second kappa shape index (κ2) is 5.53. The van der Waals surface area contributed by atoms with Crippen LogP contribution in [0.15, 0.2) is 24.4 Å². The van der Waals surface area contributed by atoms with E-state index in [1.807, 2.05) is 19.2 Å². The van der Waals surface area contributed by atoms with Gasteiger partial charge in [-0.3, -0.25) is 0 Å². The number of halogens is 1. The Morgan fingerprint density at radius 3 is 3.11 bits per heavy atom. The molecule has 1 unspecified atom stereocenters. The van der Waals surface area contributed by atoms with Crippen LogP contribution >= 0.6 is 11.6 Å². The molecule has 1 aliphatic rings. The summed E-state index contributed by atoms with van der Waals surface area (Å²) in [6, 6.07) is 6.11. The highest BCUT2D eigenvalue weighted by Gasteiger charge is 2.18. The van der Waals surface area contributed by atoms with Crippen molar-refractivity contribution in [2.45, 2.75) is 32.0 Å². The molecule has 0 bridgehead atoms. The molecular formula is C15H19ClN2O. The largest absolute Gasteiger partial charge is 0.376 e. The van der Waals surface area contributed by atoms with Gasteiger partial charge in [-0.2, -0.15) is 0 Å². The van der Waals surface area contributed by atoms with Gasteiger partial charge in [-0.25, -0.2) is 0 Å². The molecule has 1 fully saturated rings. The Morgan fingerprint density at radius 1 is 1.47 bits per heavy atom. The Hall–Kier alpha value is -1.03. The number of hydrogen-bond acceptors (Lipinski definition) is 2. The van der Waals surface area contributed by atoms with Gasteiger partial charge < -0.3 is 14.6 Å². The summed E-state index contributed by atoms with van der Waals surface area (Å²) < 4.78 is 8.02. The van der Waals surface area contributed by atoms with Gasteiger partial charge in [0.1, 0.15) is 0 Å². The van der Waals surface area contributed by atoms with Crippen molar-refractivity contribution in [3.63, 3.8) is 0 Å². The maximum atomic E-state index is 6.13. The van der Waals surface area contributed by atoms with Crippen molar-refractivity contribution in [3.8, 4) is 0 Å². The van der Waals surface area contributed by atoms with E-state index in [2.05, 4.69) is 22.1 Å². The first kappa shape index (κ1) is 13.0.